The minimum absolute atomic E-state index is 0.0883. The predicted molar refractivity (Wildman–Crippen MR) is 102 cm³/mol. The first-order valence-electron chi connectivity index (χ1n) is 8.84. The standard InChI is InChI=1S/C20H24Cl2O3/c21-16-11-14(12-17(22)13-16)7-8-15-9-10-19(23)18(15)5-3-1-2-4-6-20(24)25/h7-8,11-13,15,18H,1-6,9-10H2,(H,24,25)/t15-,18+/m1/s1. The van der Waals surface area contributed by atoms with Crippen molar-refractivity contribution < 1.29 is 14.7 Å². The number of carbonyl (C=O) groups excluding carboxylic acids is 1. The zero-order valence-corrected chi connectivity index (χ0v) is 15.7. The molecular formula is C20H24Cl2O3. The number of hydrogen-bond donors (Lipinski definition) is 1. The Hall–Kier alpha value is -1.32. The smallest absolute Gasteiger partial charge is 0.303 e. The number of Topliss-reactive ketones (excluding diaryl/α,β-unsaturated/α-hetero) is 1. The van der Waals surface area contributed by atoms with E-state index < -0.39 is 5.97 Å². The predicted octanol–water partition coefficient (Wildman–Crippen LogP) is 6.03. The van der Waals surface area contributed by atoms with Crippen LogP contribution in [0.25, 0.3) is 6.08 Å². The number of benzene rings is 1. The number of carbonyl (C=O) groups is 2. The van der Waals surface area contributed by atoms with Crippen molar-refractivity contribution in [3.8, 4) is 0 Å². The van der Waals surface area contributed by atoms with E-state index in [9.17, 15) is 9.59 Å². The summed E-state index contributed by atoms with van der Waals surface area (Å²) in [6.45, 7) is 0. The molecule has 0 saturated heterocycles. The number of aliphatic carboxylic acids is 1. The van der Waals surface area contributed by atoms with E-state index in [1.165, 1.54) is 0 Å². The summed E-state index contributed by atoms with van der Waals surface area (Å²) in [4.78, 5) is 22.6. The molecule has 0 radical (unpaired) electrons. The van der Waals surface area contributed by atoms with Crippen LogP contribution in [-0.2, 0) is 9.59 Å². The van der Waals surface area contributed by atoms with Crippen molar-refractivity contribution >= 4 is 41.0 Å². The van der Waals surface area contributed by atoms with Crippen molar-refractivity contribution in [3.05, 3.63) is 39.9 Å². The van der Waals surface area contributed by atoms with E-state index in [0.717, 1.165) is 37.7 Å². The summed E-state index contributed by atoms with van der Waals surface area (Å²) >= 11 is 12.0. The Kier molecular flexibility index (Phi) is 7.98. The SMILES string of the molecule is O=C(O)CCCCCC[C@@H]1C(=O)CC[C@H]1C=Cc1cc(Cl)cc(Cl)c1. The Bertz CT molecular complexity index is 620. The molecule has 0 aromatic heterocycles. The molecule has 1 N–H and O–H groups in total. The molecule has 1 saturated carbocycles. The maximum atomic E-state index is 12.2. The second-order valence-electron chi connectivity index (χ2n) is 6.68. The zero-order valence-electron chi connectivity index (χ0n) is 14.2. The molecule has 0 amide bonds. The largest absolute Gasteiger partial charge is 0.481 e. The molecule has 1 aliphatic carbocycles. The molecule has 5 heteroatoms. The highest BCUT2D eigenvalue weighted by atomic mass is 35.5. The van der Waals surface area contributed by atoms with Gasteiger partial charge in [-0.3, -0.25) is 9.59 Å². The fraction of sp³-hybridized carbons (Fsp3) is 0.500. The van der Waals surface area contributed by atoms with Crippen LogP contribution in [0, 0.1) is 11.8 Å². The second kappa shape index (κ2) is 9.98. The number of carboxylic acids is 1. The van der Waals surface area contributed by atoms with E-state index in [4.69, 9.17) is 28.3 Å². The van der Waals surface area contributed by atoms with Gasteiger partial charge in [-0.15, -0.1) is 0 Å². The van der Waals surface area contributed by atoms with Crippen LogP contribution in [0.2, 0.25) is 10.0 Å². The molecule has 1 fully saturated rings. The van der Waals surface area contributed by atoms with E-state index in [-0.39, 0.29) is 18.3 Å². The molecule has 1 aliphatic rings. The summed E-state index contributed by atoms with van der Waals surface area (Å²) in [6.07, 6.45) is 10.4. The van der Waals surface area contributed by atoms with Crippen LogP contribution in [0.3, 0.4) is 0 Å². The van der Waals surface area contributed by atoms with Crippen LogP contribution in [0.1, 0.15) is 56.9 Å². The van der Waals surface area contributed by atoms with Crippen molar-refractivity contribution in [2.24, 2.45) is 11.8 Å². The monoisotopic (exact) mass is 382 g/mol. The van der Waals surface area contributed by atoms with Gasteiger partial charge < -0.3 is 5.11 Å². The first kappa shape index (κ1) is 20.0. The molecular weight excluding hydrogens is 359 g/mol. The summed E-state index contributed by atoms with van der Waals surface area (Å²) in [5, 5.41) is 9.84. The molecule has 0 spiro atoms. The number of hydrogen-bond acceptors (Lipinski definition) is 2. The first-order valence-corrected chi connectivity index (χ1v) is 9.60. The lowest BCUT2D eigenvalue weighted by atomic mass is 9.89. The van der Waals surface area contributed by atoms with Crippen LogP contribution in [0.5, 0.6) is 0 Å². The highest BCUT2D eigenvalue weighted by Crippen LogP contribution is 2.34. The van der Waals surface area contributed by atoms with Crippen molar-refractivity contribution in [1.29, 1.82) is 0 Å². The molecule has 25 heavy (non-hydrogen) atoms. The molecule has 2 rings (SSSR count). The average molecular weight is 383 g/mol. The number of rotatable bonds is 9. The number of unbranched alkanes of at least 4 members (excludes halogenated alkanes) is 3. The van der Waals surface area contributed by atoms with Crippen LogP contribution in [0.15, 0.2) is 24.3 Å². The van der Waals surface area contributed by atoms with Gasteiger partial charge in [0.05, 0.1) is 0 Å². The lowest BCUT2D eigenvalue weighted by Gasteiger charge is -2.14. The van der Waals surface area contributed by atoms with E-state index >= 15 is 0 Å². The number of allylic oxidation sites excluding steroid dienone is 1. The van der Waals surface area contributed by atoms with Crippen LogP contribution < -0.4 is 0 Å². The van der Waals surface area contributed by atoms with Gasteiger partial charge in [0.25, 0.3) is 0 Å². The summed E-state index contributed by atoms with van der Waals surface area (Å²) in [5.41, 5.74) is 0.948. The minimum Gasteiger partial charge on any atom is -0.481 e. The molecule has 1 aromatic carbocycles. The fourth-order valence-electron chi connectivity index (χ4n) is 3.44. The summed E-state index contributed by atoms with van der Waals surface area (Å²) < 4.78 is 0. The molecule has 0 aliphatic heterocycles. The van der Waals surface area contributed by atoms with Gasteiger partial charge in [0.1, 0.15) is 5.78 Å². The van der Waals surface area contributed by atoms with Crippen LogP contribution in [0.4, 0.5) is 0 Å². The summed E-state index contributed by atoms with van der Waals surface area (Å²) in [6, 6.07) is 5.42. The highest BCUT2D eigenvalue weighted by Gasteiger charge is 2.32. The van der Waals surface area contributed by atoms with Gasteiger partial charge in [0.2, 0.25) is 0 Å². The van der Waals surface area contributed by atoms with Crippen molar-refractivity contribution in [2.75, 3.05) is 0 Å². The van der Waals surface area contributed by atoms with E-state index in [1.54, 1.807) is 6.07 Å². The van der Waals surface area contributed by atoms with Crippen molar-refractivity contribution in [1.82, 2.24) is 0 Å². The van der Waals surface area contributed by atoms with Gasteiger partial charge in [0, 0.05) is 28.8 Å². The normalized spacial score (nSPS) is 20.5. The van der Waals surface area contributed by atoms with E-state index in [2.05, 4.69) is 6.08 Å². The van der Waals surface area contributed by atoms with Gasteiger partial charge >= 0.3 is 5.97 Å². The number of carboxylic acid groups (broad SMARTS) is 1. The van der Waals surface area contributed by atoms with E-state index in [0.29, 0.717) is 28.7 Å². The zero-order chi connectivity index (χ0) is 18.2. The number of halogens is 2. The molecule has 136 valence electrons. The lowest BCUT2D eigenvalue weighted by Crippen LogP contribution is -2.13. The van der Waals surface area contributed by atoms with Gasteiger partial charge in [-0.2, -0.15) is 0 Å². The van der Waals surface area contributed by atoms with Crippen LogP contribution >= 0.6 is 23.2 Å². The second-order valence-corrected chi connectivity index (χ2v) is 7.56. The fourth-order valence-corrected chi connectivity index (χ4v) is 3.98. The molecule has 1 aromatic rings. The maximum Gasteiger partial charge on any atom is 0.303 e. The summed E-state index contributed by atoms with van der Waals surface area (Å²) in [7, 11) is 0. The molecule has 3 nitrogen and oxygen atoms in total. The molecule has 2 atom stereocenters. The average Bonchev–Trinajstić information content (AvgIpc) is 2.88. The lowest BCUT2D eigenvalue weighted by molar-refractivity contribution is -0.137. The third-order valence-corrected chi connectivity index (χ3v) is 5.17. The Labute approximate surface area is 159 Å². The number of ketones is 1. The molecule has 0 bridgehead atoms. The van der Waals surface area contributed by atoms with Gasteiger partial charge in [-0.25, -0.2) is 0 Å². The van der Waals surface area contributed by atoms with Gasteiger partial charge in [0.15, 0.2) is 0 Å². The Balaban J connectivity index is 1.84. The highest BCUT2D eigenvalue weighted by molar-refractivity contribution is 6.34. The molecule has 0 heterocycles. The molecule has 0 unspecified atom stereocenters. The van der Waals surface area contributed by atoms with Crippen LogP contribution in [-0.4, -0.2) is 16.9 Å². The minimum atomic E-state index is -0.739. The third kappa shape index (κ3) is 6.83. The Morgan fingerprint density at radius 2 is 1.80 bits per heavy atom. The summed E-state index contributed by atoms with van der Waals surface area (Å²) in [5.74, 6) is -0.0312. The van der Waals surface area contributed by atoms with Gasteiger partial charge in [-0.1, -0.05) is 54.6 Å². The third-order valence-electron chi connectivity index (χ3n) is 4.73. The van der Waals surface area contributed by atoms with Gasteiger partial charge in [-0.05, 0) is 48.9 Å². The Morgan fingerprint density at radius 3 is 2.48 bits per heavy atom. The van der Waals surface area contributed by atoms with Crippen molar-refractivity contribution in [3.63, 3.8) is 0 Å². The quantitative estimate of drug-likeness (QED) is 0.530. The van der Waals surface area contributed by atoms with Crippen molar-refractivity contribution in [2.45, 2.75) is 51.4 Å². The first-order chi connectivity index (χ1) is 12.0. The van der Waals surface area contributed by atoms with E-state index in [1.807, 2.05) is 18.2 Å². The maximum absolute atomic E-state index is 12.2. The topological polar surface area (TPSA) is 54.4 Å². The Morgan fingerprint density at radius 1 is 1.12 bits per heavy atom.